The predicted octanol–water partition coefficient (Wildman–Crippen LogP) is 3.97. The number of nitrogens with one attached hydrogen (secondary N) is 1. The molecule has 1 N–H and O–H groups in total. The second-order valence-corrected chi connectivity index (χ2v) is 7.87. The molecule has 20 heavy (non-hydrogen) atoms. The number of nitrogens with zero attached hydrogens (tertiary/aromatic N) is 1. The van der Waals surface area contributed by atoms with Gasteiger partial charge < -0.3 is 10.1 Å². The van der Waals surface area contributed by atoms with Crippen molar-refractivity contribution >= 4 is 11.3 Å². The molecule has 2 rings (SSSR count). The van der Waals surface area contributed by atoms with Crippen LogP contribution < -0.4 is 5.32 Å². The van der Waals surface area contributed by atoms with Gasteiger partial charge in [-0.1, -0.05) is 20.8 Å². The summed E-state index contributed by atoms with van der Waals surface area (Å²) in [5.41, 5.74) is 1.31. The van der Waals surface area contributed by atoms with Crippen molar-refractivity contribution in [1.29, 1.82) is 0 Å². The van der Waals surface area contributed by atoms with Gasteiger partial charge in [0.25, 0.3) is 0 Å². The Hall–Kier alpha value is -0.450. The minimum absolute atomic E-state index is 0.139. The van der Waals surface area contributed by atoms with E-state index in [0.29, 0.717) is 12.1 Å². The van der Waals surface area contributed by atoms with Crippen molar-refractivity contribution in [1.82, 2.24) is 10.3 Å². The third-order valence-corrected chi connectivity index (χ3v) is 5.56. The van der Waals surface area contributed by atoms with Crippen LogP contribution in [0, 0.1) is 6.92 Å². The van der Waals surface area contributed by atoms with Gasteiger partial charge >= 0.3 is 0 Å². The average molecular weight is 296 g/mol. The smallest absolute Gasteiger partial charge is 0.0985 e. The first-order chi connectivity index (χ1) is 9.38. The average Bonchev–Trinajstić information content (AvgIpc) is 2.79. The monoisotopic (exact) mass is 296 g/mol. The van der Waals surface area contributed by atoms with Gasteiger partial charge in [-0.3, -0.25) is 0 Å². The Kier molecular flexibility index (Phi) is 5.21. The van der Waals surface area contributed by atoms with E-state index in [2.05, 4.69) is 39.9 Å². The molecule has 1 aliphatic rings. The van der Waals surface area contributed by atoms with E-state index >= 15 is 0 Å². The summed E-state index contributed by atoms with van der Waals surface area (Å²) in [4.78, 5) is 6.11. The normalized spacial score (nSPS) is 21.9. The van der Waals surface area contributed by atoms with Crippen LogP contribution >= 0.6 is 11.3 Å². The third-order valence-electron chi connectivity index (χ3n) is 3.79. The summed E-state index contributed by atoms with van der Waals surface area (Å²) in [7, 11) is 0. The summed E-state index contributed by atoms with van der Waals surface area (Å²) in [6.45, 7) is 12.9. The quantitative estimate of drug-likeness (QED) is 0.913. The van der Waals surface area contributed by atoms with E-state index in [1.54, 1.807) is 0 Å². The van der Waals surface area contributed by atoms with Gasteiger partial charge in [0.05, 0.1) is 16.8 Å². The fraction of sp³-hybridized carbons (Fsp3) is 0.812. The SMILES string of the molecule is Cc1nc(C(C)(C)C)sc1C(C)NCC1CCCCO1. The lowest BCUT2D eigenvalue weighted by atomic mass is 9.98. The van der Waals surface area contributed by atoms with Gasteiger partial charge in [-0.15, -0.1) is 11.3 Å². The van der Waals surface area contributed by atoms with Crippen molar-refractivity contribution < 1.29 is 4.74 Å². The first-order valence-corrected chi connectivity index (χ1v) is 8.52. The highest BCUT2D eigenvalue weighted by Gasteiger charge is 2.23. The minimum Gasteiger partial charge on any atom is -0.377 e. The number of hydrogen-bond donors (Lipinski definition) is 1. The summed E-state index contributed by atoms with van der Waals surface area (Å²) in [6, 6.07) is 0.356. The van der Waals surface area contributed by atoms with Crippen LogP contribution in [0.15, 0.2) is 0 Å². The van der Waals surface area contributed by atoms with Crippen LogP contribution in [-0.2, 0) is 10.2 Å². The van der Waals surface area contributed by atoms with Crippen LogP contribution in [0.3, 0.4) is 0 Å². The molecule has 0 bridgehead atoms. The van der Waals surface area contributed by atoms with Crippen molar-refractivity contribution in [3.05, 3.63) is 15.6 Å². The molecule has 2 heterocycles. The summed E-state index contributed by atoms with van der Waals surface area (Å²) >= 11 is 1.85. The third kappa shape index (κ3) is 4.03. The summed E-state index contributed by atoms with van der Waals surface area (Å²) in [6.07, 6.45) is 4.10. The Labute approximate surface area is 127 Å². The molecular weight excluding hydrogens is 268 g/mol. The Morgan fingerprint density at radius 3 is 2.70 bits per heavy atom. The molecule has 1 aromatic rings. The molecular formula is C16H28N2OS. The van der Waals surface area contributed by atoms with E-state index < -0.39 is 0 Å². The van der Waals surface area contributed by atoms with Gasteiger partial charge in [-0.25, -0.2) is 4.98 Å². The van der Waals surface area contributed by atoms with Gasteiger partial charge in [0.15, 0.2) is 0 Å². The molecule has 0 aromatic carbocycles. The fourth-order valence-electron chi connectivity index (χ4n) is 2.50. The number of aromatic nitrogens is 1. The molecule has 114 valence electrons. The van der Waals surface area contributed by atoms with Crippen LogP contribution in [0.25, 0.3) is 0 Å². The fourth-order valence-corrected chi connectivity index (χ4v) is 3.65. The first-order valence-electron chi connectivity index (χ1n) is 7.70. The molecule has 0 amide bonds. The summed E-state index contributed by atoms with van der Waals surface area (Å²) in [5.74, 6) is 0. The molecule has 2 atom stereocenters. The Balaban J connectivity index is 1.94. The highest BCUT2D eigenvalue weighted by molar-refractivity contribution is 7.12. The topological polar surface area (TPSA) is 34.2 Å². The zero-order valence-electron chi connectivity index (χ0n) is 13.5. The summed E-state index contributed by atoms with van der Waals surface area (Å²) in [5, 5.41) is 4.85. The van der Waals surface area contributed by atoms with E-state index in [1.807, 2.05) is 11.3 Å². The molecule has 1 aliphatic heterocycles. The Morgan fingerprint density at radius 2 is 2.15 bits per heavy atom. The lowest BCUT2D eigenvalue weighted by molar-refractivity contribution is 0.0157. The van der Waals surface area contributed by atoms with Crippen molar-refractivity contribution in [3.8, 4) is 0 Å². The van der Waals surface area contributed by atoms with E-state index in [-0.39, 0.29) is 5.41 Å². The van der Waals surface area contributed by atoms with Gasteiger partial charge in [-0.05, 0) is 33.1 Å². The predicted molar refractivity (Wildman–Crippen MR) is 85.6 cm³/mol. The van der Waals surface area contributed by atoms with E-state index in [9.17, 15) is 0 Å². The van der Waals surface area contributed by atoms with Crippen LogP contribution in [0.4, 0.5) is 0 Å². The maximum Gasteiger partial charge on any atom is 0.0985 e. The van der Waals surface area contributed by atoms with Gasteiger partial charge in [0, 0.05) is 29.5 Å². The number of rotatable bonds is 4. The maximum atomic E-state index is 5.78. The van der Waals surface area contributed by atoms with Gasteiger partial charge in [-0.2, -0.15) is 0 Å². The van der Waals surface area contributed by atoms with Crippen LogP contribution in [0.5, 0.6) is 0 Å². The zero-order valence-corrected chi connectivity index (χ0v) is 14.3. The van der Waals surface area contributed by atoms with E-state index in [1.165, 1.54) is 34.8 Å². The Morgan fingerprint density at radius 1 is 1.40 bits per heavy atom. The van der Waals surface area contributed by atoms with E-state index in [4.69, 9.17) is 9.72 Å². The first kappa shape index (κ1) is 15.9. The molecule has 2 unspecified atom stereocenters. The lowest BCUT2D eigenvalue weighted by Gasteiger charge is -2.24. The van der Waals surface area contributed by atoms with Crippen molar-refractivity contribution in [3.63, 3.8) is 0 Å². The highest BCUT2D eigenvalue weighted by atomic mass is 32.1. The molecule has 4 heteroatoms. The number of ether oxygens (including phenoxy) is 1. The Bertz CT molecular complexity index is 430. The van der Waals surface area contributed by atoms with Crippen molar-refractivity contribution in [2.45, 2.75) is 71.4 Å². The summed E-state index contributed by atoms with van der Waals surface area (Å²) < 4.78 is 5.78. The van der Waals surface area contributed by atoms with Gasteiger partial charge in [0.1, 0.15) is 0 Å². The number of aryl methyl sites for hydroxylation is 1. The molecule has 1 aromatic heterocycles. The molecule has 0 radical (unpaired) electrons. The molecule has 1 fully saturated rings. The standard InChI is InChI=1S/C16H28N2OS/c1-11(17-10-13-8-6-7-9-19-13)14-12(2)18-15(20-14)16(3,4)5/h11,13,17H,6-10H2,1-5H3. The molecule has 0 spiro atoms. The molecule has 0 saturated carbocycles. The lowest BCUT2D eigenvalue weighted by Crippen LogP contribution is -2.33. The largest absolute Gasteiger partial charge is 0.377 e. The second-order valence-electron chi connectivity index (χ2n) is 6.84. The highest BCUT2D eigenvalue weighted by Crippen LogP contribution is 2.32. The zero-order chi connectivity index (χ0) is 14.8. The molecule has 1 saturated heterocycles. The second kappa shape index (κ2) is 6.54. The van der Waals surface area contributed by atoms with Crippen molar-refractivity contribution in [2.24, 2.45) is 0 Å². The van der Waals surface area contributed by atoms with Crippen LogP contribution in [0.1, 0.15) is 68.6 Å². The number of hydrogen-bond acceptors (Lipinski definition) is 4. The molecule has 3 nitrogen and oxygen atoms in total. The minimum atomic E-state index is 0.139. The van der Waals surface area contributed by atoms with Crippen molar-refractivity contribution in [2.75, 3.05) is 13.2 Å². The van der Waals surface area contributed by atoms with Crippen LogP contribution in [0.2, 0.25) is 0 Å². The van der Waals surface area contributed by atoms with Crippen LogP contribution in [-0.4, -0.2) is 24.2 Å². The van der Waals surface area contributed by atoms with Gasteiger partial charge in [0.2, 0.25) is 0 Å². The van der Waals surface area contributed by atoms with E-state index in [0.717, 1.165) is 13.2 Å². The molecule has 0 aliphatic carbocycles. The maximum absolute atomic E-state index is 5.78. The number of thiazole rings is 1.